The quantitative estimate of drug-likeness (QED) is 0.754. The Hall–Kier alpha value is -2.08. The molecular weight excluding hydrogens is 298 g/mol. The van der Waals surface area contributed by atoms with Gasteiger partial charge < -0.3 is 19.9 Å². The Balaban J connectivity index is 1.86. The maximum Gasteiger partial charge on any atom is 0.306 e. The first-order valence-corrected chi connectivity index (χ1v) is 7.85. The van der Waals surface area contributed by atoms with Crippen LogP contribution in [0.3, 0.4) is 0 Å². The molecule has 1 amide bonds. The van der Waals surface area contributed by atoms with Crippen molar-refractivity contribution in [2.75, 3.05) is 25.6 Å². The van der Waals surface area contributed by atoms with E-state index in [1.165, 1.54) is 0 Å². The topological polar surface area (TPSA) is 84.9 Å². The van der Waals surface area contributed by atoms with E-state index in [9.17, 15) is 9.59 Å². The number of anilines is 1. The van der Waals surface area contributed by atoms with Crippen LogP contribution in [0.1, 0.15) is 25.7 Å². The van der Waals surface area contributed by atoms with E-state index in [0.717, 1.165) is 12.8 Å². The summed E-state index contributed by atoms with van der Waals surface area (Å²) in [7, 11) is 1.61. The fraction of sp³-hybridized carbons (Fsp3) is 0.529. The highest BCUT2D eigenvalue weighted by Crippen LogP contribution is 2.30. The molecule has 1 fully saturated rings. The third-order valence-corrected chi connectivity index (χ3v) is 4.07. The highest BCUT2D eigenvalue weighted by molar-refractivity contribution is 5.93. The van der Waals surface area contributed by atoms with Gasteiger partial charge >= 0.3 is 5.97 Å². The number of carboxylic acids is 1. The number of benzene rings is 1. The zero-order valence-corrected chi connectivity index (χ0v) is 13.3. The molecule has 1 aliphatic rings. The number of nitrogens with one attached hydrogen (secondary N) is 1. The molecule has 0 radical (unpaired) electrons. The average molecular weight is 321 g/mol. The van der Waals surface area contributed by atoms with Crippen LogP contribution < -0.4 is 10.1 Å². The van der Waals surface area contributed by atoms with Crippen LogP contribution in [0.5, 0.6) is 5.75 Å². The van der Waals surface area contributed by atoms with Crippen molar-refractivity contribution >= 4 is 17.6 Å². The van der Waals surface area contributed by atoms with Crippen LogP contribution in [0, 0.1) is 11.8 Å². The molecule has 1 aromatic rings. The zero-order valence-electron chi connectivity index (χ0n) is 13.3. The maximum absolute atomic E-state index is 12.3. The number of carbonyl (C=O) groups excluding carboxylic acids is 1. The lowest BCUT2D eigenvalue weighted by molar-refractivity contribution is -0.143. The van der Waals surface area contributed by atoms with Crippen molar-refractivity contribution in [3.05, 3.63) is 24.3 Å². The Bertz CT molecular complexity index is 528. The molecule has 126 valence electrons. The van der Waals surface area contributed by atoms with Crippen molar-refractivity contribution in [3.8, 4) is 5.75 Å². The van der Waals surface area contributed by atoms with Crippen LogP contribution in [0.25, 0.3) is 0 Å². The summed E-state index contributed by atoms with van der Waals surface area (Å²) in [5.41, 5.74) is 0.687. The van der Waals surface area contributed by atoms with Gasteiger partial charge in [-0.2, -0.15) is 0 Å². The Morgan fingerprint density at radius 1 is 1.17 bits per heavy atom. The van der Waals surface area contributed by atoms with Gasteiger partial charge in [-0.25, -0.2) is 0 Å². The van der Waals surface area contributed by atoms with Crippen molar-refractivity contribution in [2.24, 2.45) is 11.8 Å². The van der Waals surface area contributed by atoms with E-state index in [1.54, 1.807) is 31.4 Å². The van der Waals surface area contributed by atoms with Crippen molar-refractivity contribution in [1.82, 2.24) is 0 Å². The average Bonchev–Trinajstić information content (AvgIpc) is 2.56. The number of hydrogen-bond acceptors (Lipinski definition) is 4. The minimum Gasteiger partial charge on any atom is -0.491 e. The molecule has 1 aromatic carbocycles. The summed E-state index contributed by atoms with van der Waals surface area (Å²) >= 11 is 0. The van der Waals surface area contributed by atoms with Crippen LogP contribution in [0.4, 0.5) is 5.69 Å². The first kappa shape index (κ1) is 17.3. The van der Waals surface area contributed by atoms with E-state index in [1.807, 2.05) is 0 Å². The number of hydrogen-bond donors (Lipinski definition) is 2. The summed E-state index contributed by atoms with van der Waals surface area (Å²) in [6.45, 7) is 0.992. The summed E-state index contributed by atoms with van der Waals surface area (Å²) in [5.74, 6) is -0.841. The van der Waals surface area contributed by atoms with E-state index >= 15 is 0 Å². The number of aliphatic carboxylic acids is 1. The standard InChI is InChI=1S/C17H23NO5/c1-22-9-10-23-15-7-5-14(6-8-15)18-16(19)12-3-2-4-13(11-12)17(20)21/h5-8,12-13H,2-4,9-11H2,1H3,(H,18,19)(H,20,21). The minimum absolute atomic E-state index is 0.107. The van der Waals surface area contributed by atoms with E-state index in [0.29, 0.717) is 37.5 Å². The maximum atomic E-state index is 12.3. The molecule has 2 atom stereocenters. The second kappa shape index (κ2) is 8.53. The summed E-state index contributed by atoms with van der Waals surface area (Å²) < 4.78 is 10.4. The highest BCUT2D eigenvalue weighted by atomic mass is 16.5. The van der Waals surface area contributed by atoms with Crippen LogP contribution in [0.15, 0.2) is 24.3 Å². The number of carbonyl (C=O) groups is 2. The molecule has 2 rings (SSSR count). The van der Waals surface area contributed by atoms with Gasteiger partial charge in [0.25, 0.3) is 0 Å². The van der Waals surface area contributed by atoms with Gasteiger partial charge in [-0.1, -0.05) is 6.42 Å². The molecule has 1 aliphatic carbocycles. The predicted molar refractivity (Wildman–Crippen MR) is 85.5 cm³/mol. The smallest absolute Gasteiger partial charge is 0.306 e. The summed E-state index contributed by atoms with van der Waals surface area (Å²) in [6.07, 6.45) is 2.60. The molecule has 0 spiro atoms. The van der Waals surface area contributed by atoms with Gasteiger partial charge in [0.2, 0.25) is 5.91 Å². The summed E-state index contributed by atoms with van der Waals surface area (Å²) in [4.78, 5) is 23.4. The molecule has 0 saturated heterocycles. The second-order valence-corrected chi connectivity index (χ2v) is 5.75. The van der Waals surface area contributed by atoms with E-state index in [2.05, 4.69) is 5.32 Å². The summed E-state index contributed by atoms with van der Waals surface area (Å²) in [5, 5.41) is 11.9. The molecule has 0 heterocycles. The lowest BCUT2D eigenvalue weighted by Gasteiger charge is -2.25. The van der Waals surface area contributed by atoms with Crippen molar-refractivity contribution in [1.29, 1.82) is 0 Å². The van der Waals surface area contributed by atoms with E-state index in [4.69, 9.17) is 14.6 Å². The fourth-order valence-corrected chi connectivity index (χ4v) is 2.77. The number of methoxy groups -OCH3 is 1. The van der Waals surface area contributed by atoms with Gasteiger partial charge in [0.15, 0.2) is 0 Å². The fourth-order valence-electron chi connectivity index (χ4n) is 2.77. The zero-order chi connectivity index (χ0) is 16.7. The predicted octanol–water partition coefficient (Wildman–Crippen LogP) is 2.54. The van der Waals surface area contributed by atoms with Crippen LogP contribution >= 0.6 is 0 Å². The van der Waals surface area contributed by atoms with Gasteiger partial charge in [0.05, 0.1) is 12.5 Å². The lowest BCUT2D eigenvalue weighted by atomic mass is 9.81. The first-order chi connectivity index (χ1) is 11.1. The molecule has 2 N–H and O–H groups in total. The normalized spacial score (nSPS) is 20.7. The lowest BCUT2D eigenvalue weighted by Crippen LogP contribution is -2.30. The van der Waals surface area contributed by atoms with Crippen molar-refractivity contribution in [3.63, 3.8) is 0 Å². The third kappa shape index (κ3) is 5.25. The molecule has 6 nitrogen and oxygen atoms in total. The van der Waals surface area contributed by atoms with Crippen LogP contribution in [-0.2, 0) is 14.3 Å². The monoisotopic (exact) mass is 321 g/mol. The molecule has 2 unspecified atom stereocenters. The first-order valence-electron chi connectivity index (χ1n) is 7.85. The Morgan fingerprint density at radius 2 is 1.87 bits per heavy atom. The Morgan fingerprint density at radius 3 is 2.52 bits per heavy atom. The van der Waals surface area contributed by atoms with Gasteiger partial charge in [-0.3, -0.25) is 9.59 Å². The van der Waals surface area contributed by atoms with Gasteiger partial charge in [-0.15, -0.1) is 0 Å². The minimum atomic E-state index is -0.805. The third-order valence-electron chi connectivity index (χ3n) is 4.07. The molecule has 1 saturated carbocycles. The van der Waals surface area contributed by atoms with Crippen molar-refractivity contribution < 1.29 is 24.2 Å². The number of amides is 1. The molecule has 0 aromatic heterocycles. The molecular formula is C17H23NO5. The number of carboxylic acid groups (broad SMARTS) is 1. The van der Waals surface area contributed by atoms with Crippen LogP contribution in [0.2, 0.25) is 0 Å². The van der Waals surface area contributed by atoms with Gasteiger partial charge in [0.1, 0.15) is 12.4 Å². The Kier molecular flexibility index (Phi) is 6.40. The van der Waals surface area contributed by atoms with Crippen LogP contribution in [-0.4, -0.2) is 37.3 Å². The Labute approximate surface area is 135 Å². The highest BCUT2D eigenvalue weighted by Gasteiger charge is 2.30. The molecule has 6 heteroatoms. The molecule has 0 aliphatic heterocycles. The SMILES string of the molecule is COCCOc1ccc(NC(=O)C2CCCC(C(=O)O)C2)cc1. The molecule has 0 bridgehead atoms. The second-order valence-electron chi connectivity index (χ2n) is 5.75. The van der Waals surface area contributed by atoms with E-state index < -0.39 is 11.9 Å². The largest absolute Gasteiger partial charge is 0.491 e. The van der Waals surface area contributed by atoms with Gasteiger partial charge in [-0.05, 0) is 43.5 Å². The number of ether oxygens (including phenoxy) is 2. The van der Waals surface area contributed by atoms with E-state index in [-0.39, 0.29) is 11.8 Å². The molecule has 23 heavy (non-hydrogen) atoms. The van der Waals surface area contributed by atoms with Crippen molar-refractivity contribution in [2.45, 2.75) is 25.7 Å². The van der Waals surface area contributed by atoms with Gasteiger partial charge in [0, 0.05) is 18.7 Å². The summed E-state index contributed by atoms with van der Waals surface area (Å²) in [6, 6.07) is 7.12. The number of rotatable bonds is 7.